The van der Waals surface area contributed by atoms with Gasteiger partial charge in [-0.1, -0.05) is 13.0 Å². The maximum Gasteiger partial charge on any atom is 0.272 e. The van der Waals surface area contributed by atoms with E-state index in [1.54, 1.807) is 12.1 Å². The van der Waals surface area contributed by atoms with Gasteiger partial charge >= 0.3 is 0 Å². The number of likely N-dealkylation sites (tertiary alicyclic amines) is 1. The summed E-state index contributed by atoms with van der Waals surface area (Å²) in [5.41, 5.74) is 0.929. The summed E-state index contributed by atoms with van der Waals surface area (Å²) < 4.78 is 13.2. The number of nitrogens with zero attached hydrogens (tertiary/aromatic N) is 2. The van der Waals surface area contributed by atoms with Crippen molar-refractivity contribution in [2.45, 2.75) is 19.8 Å². The summed E-state index contributed by atoms with van der Waals surface area (Å²) in [6.07, 6.45) is 2.20. The zero-order chi connectivity index (χ0) is 14.1. The molecule has 1 unspecified atom stereocenters. The predicted octanol–water partition coefficient (Wildman–Crippen LogP) is 3.25. The average molecular weight is 272 g/mol. The number of carbonyl (C=O) groups is 1. The van der Waals surface area contributed by atoms with E-state index in [0.717, 1.165) is 24.9 Å². The monoisotopic (exact) mass is 272 g/mol. The van der Waals surface area contributed by atoms with E-state index >= 15 is 0 Å². The summed E-state index contributed by atoms with van der Waals surface area (Å²) in [5.74, 6) is 0.148. The van der Waals surface area contributed by atoms with Gasteiger partial charge in [-0.2, -0.15) is 0 Å². The Balaban J connectivity index is 1.91. The topological polar surface area (TPSA) is 33.2 Å². The van der Waals surface area contributed by atoms with Crippen LogP contribution >= 0.6 is 0 Å². The SMILES string of the molecule is CC1CCCN(C(=O)c2ccc3ccc(F)cc3n2)C1. The Hall–Kier alpha value is -1.97. The van der Waals surface area contributed by atoms with E-state index < -0.39 is 0 Å². The van der Waals surface area contributed by atoms with Crippen LogP contribution in [0.4, 0.5) is 4.39 Å². The van der Waals surface area contributed by atoms with Gasteiger partial charge in [0.15, 0.2) is 0 Å². The molecule has 1 aliphatic rings. The lowest BCUT2D eigenvalue weighted by Crippen LogP contribution is -2.39. The van der Waals surface area contributed by atoms with Gasteiger partial charge in [-0.05, 0) is 37.0 Å². The number of rotatable bonds is 1. The average Bonchev–Trinajstić information content (AvgIpc) is 2.45. The van der Waals surface area contributed by atoms with Crippen molar-refractivity contribution >= 4 is 16.8 Å². The first-order valence-corrected chi connectivity index (χ1v) is 6.99. The fraction of sp³-hybridized carbons (Fsp3) is 0.375. The number of fused-ring (bicyclic) bond motifs is 1. The molecule has 3 nitrogen and oxygen atoms in total. The van der Waals surface area contributed by atoms with Crippen molar-refractivity contribution in [2.24, 2.45) is 5.92 Å². The van der Waals surface area contributed by atoms with E-state index in [1.807, 2.05) is 11.0 Å². The molecule has 1 aliphatic heterocycles. The Morgan fingerprint density at radius 2 is 2.15 bits per heavy atom. The third-order valence-electron chi connectivity index (χ3n) is 3.82. The Labute approximate surface area is 117 Å². The van der Waals surface area contributed by atoms with Crippen molar-refractivity contribution < 1.29 is 9.18 Å². The maximum atomic E-state index is 13.2. The van der Waals surface area contributed by atoms with Crippen molar-refractivity contribution in [3.05, 3.63) is 41.8 Å². The van der Waals surface area contributed by atoms with Crippen LogP contribution in [0.1, 0.15) is 30.3 Å². The van der Waals surface area contributed by atoms with E-state index in [-0.39, 0.29) is 11.7 Å². The molecule has 0 saturated carbocycles. The van der Waals surface area contributed by atoms with Crippen LogP contribution in [0.15, 0.2) is 30.3 Å². The molecule has 3 rings (SSSR count). The van der Waals surface area contributed by atoms with Gasteiger partial charge in [0.25, 0.3) is 5.91 Å². The van der Waals surface area contributed by atoms with Crippen molar-refractivity contribution in [1.29, 1.82) is 0 Å². The molecule has 1 aromatic heterocycles. The van der Waals surface area contributed by atoms with Crippen molar-refractivity contribution in [2.75, 3.05) is 13.1 Å². The first-order valence-electron chi connectivity index (χ1n) is 6.99. The molecule has 104 valence electrons. The van der Waals surface area contributed by atoms with E-state index in [2.05, 4.69) is 11.9 Å². The molecule has 1 atom stereocenters. The lowest BCUT2D eigenvalue weighted by atomic mass is 10.00. The third kappa shape index (κ3) is 2.50. The summed E-state index contributed by atoms with van der Waals surface area (Å²) >= 11 is 0. The lowest BCUT2D eigenvalue weighted by molar-refractivity contribution is 0.0677. The van der Waals surface area contributed by atoms with Crippen LogP contribution in [0.3, 0.4) is 0 Å². The van der Waals surface area contributed by atoms with Gasteiger partial charge in [0, 0.05) is 24.5 Å². The summed E-state index contributed by atoms with van der Waals surface area (Å²) in [7, 11) is 0. The molecule has 0 aliphatic carbocycles. The first kappa shape index (κ1) is 13.0. The highest BCUT2D eigenvalue weighted by Crippen LogP contribution is 2.19. The molecule has 0 radical (unpaired) electrons. The lowest BCUT2D eigenvalue weighted by Gasteiger charge is -2.30. The molecular weight excluding hydrogens is 255 g/mol. The molecule has 1 amide bonds. The Kier molecular flexibility index (Phi) is 3.38. The van der Waals surface area contributed by atoms with Crippen LogP contribution < -0.4 is 0 Å². The van der Waals surface area contributed by atoms with Crippen molar-refractivity contribution in [3.8, 4) is 0 Å². The molecule has 20 heavy (non-hydrogen) atoms. The molecule has 4 heteroatoms. The minimum absolute atomic E-state index is 0.0530. The molecule has 0 N–H and O–H groups in total. The zero-order valence-corrected chi connectivity index (χ0v) is 11.5. The first-order chi connectivity index (χ1) is 9.63. The highest BCUT2D eigenvalue weighted by atomic mass is 19.1. The number of hydrogen-bond acceptors (Lipinski definition) is 2. The summed E-state index contributed by atoms with van der Waals surface area (Å²) in [4.78, 5) is 18.6. The van der Waals surface area contributed by atoms with Gasteiger partial charge in [0.2, 0.25) is 0 Å². The zero-order valence-electron chi connectivity index (χ0n) is 11.5. The van der Waals surface area contributed by atoms with E-state index in [4.69, 9.17) is 0 Å². The number of amides is 1. The number of pyridine rings is 1. The van der Waals surface area contributed by atoms with Crippen LogP contribution in [0, 0.1) is 11.7 Å². The van der Waals surface area contributed by atoms with Gasteiger partial charge in [-0.25, -0.2) is 9.37 Å². The van der Waals surface area contributed by atoms with E-state index in [9.17, 15) is 9.18 Å². The smallest absolute Gasteiger partial charge is 0.272 e. The van der Waals surface area contributed by atoms with Gasteiger partial charge in [-0.3, -0.25) is 4.79 Å². The van der Waals surface area contributed by atoms with E-state index in [1.165, 1.54) is 18.6 Å². The maximum absolute atomic E-state index is 13.2. The highest BCUT2D eigenvalue weighted by molar-refractivity contribution is 5.95. The van der Waals surface area contributed by atoms with Gasteiger partial charge < -0.3 is 4.90 Å². The summed E-state index contributed by atoms with van der Waals surface area (Å²) in [6.45, 7) is 3.72. The quantitative estimate of drug-likeness (QED) is 0.798. The van der Waals surface area contributed by atoms with Gasteiger partial charge in [-0.15, -0.1) is 0 Å². The molecule has 1 saturated heterocycles. The van der Waals surface area contributed by atoms with E-state index in [0.29, 0.717) is 17.1 Å². The normalized spacial score (nSPS) is 19.3. The number of benzene rings is 1. The second-order valence-corrected chi connectivity index (χ2v) is 5.53. The number of aromatic nitrogens is 1. The van der Waals surface area contributed by atoms with Gasteiger partial charge in [0.05, 0.1) is 5.52 Å². The fourth-order valence-corrected chi connectivity index (χ4v) is 2.75. The standard InChI is InChI=1S/C16H17FN2O/c1-11-3-2-8-19(10-11)16(20)14-7-5-12-4-6-13(17)9-15(12)18-14/h4-7,9,11H,2-3,8,10H2,1H3. The molecule has 0 spiro atoms. The summed E-state index contributed by atoms with van der Waals surface area (Å²) in [5, 5.41) is 0.843. The van der Waals surface area contributed by atoms with Crippen molar-refractivity contribution in [1.82, 2.24) is 9.88 Å². The number of hydrogen-bond donors (Lipinski definition) is 0. The number of halogens is 1. The molecule has 2 aromatic rings. The van der Waals surface area contributed by atoms with Crippen LogP contribution in [0.5, 0.6) is 0 Å². The second kappa shape index (κ2) is 5.19. The predicted molar refractivity (Wildman–Crippen MR) is 76.0 cm³/mol. The number of piperidine rings is 1. The molecule has 1 fully saturated rings. The van der Waals surface area contributed by atoms with Gasteiger partial charge in [0.1, 0.15) is 11.5 Å². The minimum atomic E-state index is -0.332. The second-order valence-electron chi connectivity index (χ2n) is 5.53. The Bertz CT molecular complexity index is 656. The molecule has 0 bridgehead atoms. The summed E-state index contributed by atoms with van der Waals surface area (Å²) in [6, 6.07) is 7.99. The molecule has 2 heterocycles. The Morgan fingerprint density at radius 3 is 2.95 bits per heavy atom. The minimum Gasteiger partial charge on any atom is -0.337 e. The van der Waals surface area contributed by atoms with Crippen LogP contribution in [-0.4, -0.2) is 28.9 Å². The largest absolute Gasteiger partial charge is 0.337 e. The number of carbonyl (C=O) groups excluding carboxylic acids is 1. The molecule has 1 aromatic carbocycles. The highest BCUT2D eigenvalue weighted by Gasteiger charge is 2.22. The van der Waals surface area contributed by atoms with Crippen LogP contribution in [0.2, 0.25) is 0 Å². The van der Waals surface area contributed by atoms with Crippen LogP contribution in [-0.2, 0) is 0 Å². The molecular formula is C16H17FN2O. The van der Waals surface area contributed by atoms with Crippen molar-refractivity contribution in [3.63, 3.8) is 0 Å². The fourth-order valence-electron chi connectivity index (χ4n) is 2.75. The van der Waals surface area contributed by atoms with Crippen LogP contribution in [0.25, 0.3) is 10.9 Å². The Morgan fingerprint density at radius 1 is 1.35 bits per heavy atom. The third-order valence-corrected chi connectivity index (χ3v) is 3.82.